The van der Waals surface area contributed by atoms with E-state index in [1.807, 2.05) is 21.1 Å². The first-order valence-corrected chi connectivity index (χ1v) is 21.9. The van der Waals surface area contributed by atoms with Crippen molar-refractivity contribution >= 4 is 13.8 Å². The van der Waals surface area contributed by atoms with Gasteiger partial charge in [0.15, 0.2) is 0 Å². The van der Waals surface area contributed by atoms with E-state index in [9.17, 15) is 14.3 Å². The summed E-state index contributed by atoms with van der Waals surface area (Å²) in [6.45, 7) is 5.61. The van der Waals surface area contributed by atoms with Gasteiger partial charge in [0, 0.05) is 13.0 Å². The summed E-state index contributed by atoms with van der Waals surface area (Å²) >= 11 is 0. The number of phosphoric acid groups is 1. The molecule has 2 unspecified atom stereocenters. The Morgan fingerprint density at radius 3 is 1.59 bits per heavy atom. The van der Waals surface area contributed by atoms with Crippen LogP contribution in [0.3, 0.4) is 0 Å². The second kappa shape index (κ2) is 34.3. The molecule has 0 bridgehead atoms. The monoisotopic (exact) mass is 719 g/mol. The van der Waals surface area contributed by atoms with Crippen molar-refractivity contribution in [1.29, 1.82) is 0 Å². The van der Waals surface area contributed by atoms with Crippen molar-refractivity contribution in [1.82, 2.24) is 0 Å². The van der Waals surface area contributed by atoms with Gasteiger partial charge in [-0.2, -0.15) is 0 Å². The van der Waals surface area contributed by atoms with Crippen LogP contribution in [0.1, 0.15) is 181 Å². The van der Waals surface area contributed by atoms with E-state index in [0.29, 0.717) is 24.1 Å². The van der Waals surface area contributed by atoms with E-state index in [-0.39, 0.29) is 25.8 Å². The highest BCUT2D eigenvalue weighted by atomic mass is 31.2. The van der Waals surface area contributed by atoms with Crippen LogP contribution in [0.5, 0.6) is 0 Å². The van der Waals surface area contributed by atoms with Crippen molar-refractivity contribution in [3.05, 3.63) is 12.2 Å². The van der Waals surface area contributed by atoms with Gasteiger partial charge in [0.25, 0.3) is 0 Å². The number of esters is 1. The van der Waals surface area contributed by atoms with Gasteiger partial charge in [0.05, 0.1) is 34.4 Å². The molecule has 292 valence electrons. The summed E-state index contributed by atoms with van der Waals surface area (Å²) in [5, 5.41) is 0. The Kier molecular flexibility index (Phi) is 33.8. The van der Waals surface area contributed by atoms with Crippen molar-refractivity contribution in [2.24, 2.45) is 0 Å². The largest absolute Gasteiger partial charge is 0.472 e. The molecule has 9 heteroatoms. The predicted molar refractivity (Wildman–Crippen MR) is 206 cm³/mol. The summed E-state index contributed by atoms with van der Waals surface area (Å²) in [5.41, 5.74) is 0. The standard InChI is InChI=1S/C40H80NO7P/c1-6-8-10-12-14-16-18-20-21-23-25-27-29-31-33-40(42)48-39(38-47-49(43,44)46-36-34-41(3,4)5)37-45-35-32-30-28-26-24-22-19-17-15-13-11-9-7-2/h15,17,39H,6-14,16,18-38H2,1-5H3/p+1/b17-15-. The summed E-state index contributed by atoms with van der Waals surface area (Å²) in [5.74, 6) is -0.314. The van der Waals surface area contributed by atoms with Gasteiger partial charge in [-0.05, 0) is 38.5 Å². The summed E-state index contributed by atoms with van der Waals surface area (Å²) in [7, 11) is 1.67. The molecule has 2 atom stereocenters. The van der Waals surface area contributed by atoms with Crippen molar-refractivity contribution in [3.63, 3.8) is 0 Å². The molecule has 0 fully saturated rings. The molecule has 0 aromatic carbocycles. The molecule has 0 aliphatic carbocycles. The normalized spacial score (nSPS) is 14.0. The van der Waals surface area contributed by atoms with E-state index in [4.69, 9.17) is 18.5 Å². The van der Waals surface area contributed by atoms with Gasteiger partial charge >= 0.3 is 13.8 Å². The minimum atomic E-state index is -4.26. The average Bonchev–Trinajstić information content (AvgIpc) is 3.04. The van der Waals surface area contributed by atoms with Crippen LogP contribution in [-0.4, -0.2) is 75.6 Å². The molecular weight excluding hydrogens is 637 g/mol. The van der Waals surface area contributed by atoms with E-state index in [2.05, 4.69) is 26.0 Å². The van der Waals surface area contributed by atoms with Crippen LogP contribution in [-0.2, 0) is 27.9 Å². The Bertz CT molecular complexity index is 802. The summed E-state index contributed by atoms with van der Waals surface area (Å²) < 4.78 is 34.9. The fourth-order valence-electron chi connectivity index (χ4n) is 5.61. The molecule has 0 saturated carbocycles. The highest BCUT2D eigenvalue weighted by Crippen LogP contribution is 2.43. The molecule has 0 radical (unpaired) electrons. The highest BCUT2D eigenvalue weighted by Gasteiger charge is 2.26. The lowest BCUT2D eigenvalue weighted by Crippen LogP contribution is -2.37. The minimum absolute atomic E-state index is 0.0904. The molecule has 8 nitrogen and oxygen atoms in total. The smallest absolute Gasteiger partial charge is 0.457 e. The Morgan fingerprint density at radius 1 is 0.612 bits per heavy atom. The maximum atomic E-state index is 12.6. The predicted octanol–water partition coefficient (Wildman–Crippen LogP) is 11.5. The number of carbonyl (C=O) groups excluding carboxylic acids is 1. The molecule has 0 aliphatic heterocycles. The van der Waals surface area contributed by atoms with Crippen LogP contribution in [0.15, 0.2) is 12.2 Å². The molecule has 0 amide bonds. The van der Waals surface area contributed by atoms with E-state index in [0.717, 1.165) is 32.1 Å². The van der Waals surface area contributed by atoms with E-state index in [1.54, 1.807) is 0 Å². The van der Waals surface area contributed by atoms with E-state index >= 15 is 0 Å². The third-order valence-corrected chi connectivity index (χ3v) is 9.81. The topological polar surface area (TPSA) is 91.3 Å². The first-order chi connectivity index (χ1) is 23.6. The fraction of sp³-hybridized carbons (Fsp3) is 0.925. The van der Waals surface area contributed by atoms with Gasteiger partial charge in [0.2, 0.25) is 0 Å². The molecule has 0 spiro atoms. The summed E-state index contributed by atoms with van der Waals surface area (Å²) in [4.78, 5) is 22.8. The Balaban J connectivity index is 4.26. The zero-order valence-corrected chi connectivity index (χ0v) is 33.8. The molecular formula is C40H81NO7P+. The lowest BCUT2D eigenvalue weighted by atomic mass is 10.0. The van der Waals surface area contributed by atoms with Crippen LogP contribution < -0.4 is 0 Å². The Morgan fingerprint density at radius 2 is 1.06 bits per heavy atom. The number of nitrogens with zero attached hydrogens (tertiary/aromatic N) is 1. The lowest BCUT2D eigenvalue weighted by Gasteiger charge is -2.24. The third-order valence-electron chi connectivity index (χ3n) is 8.83. The van der Waals surface area contributed by atoms with Crippen LogP contribution >= 0.6 is 7.82 Å². The van der Waals surface area contributed by atoms with Crippen molar-refractivity contribution in [3.8, 4) is 0 Å². The minimum Gasteiger partial charge on any atom is -0.457 e. The number of hydrogen-bond acceptors (Lipinski definition) is 6. The third kappa shape index (κ3) is 38.3. The maximum absolute atomic E-state index is 12.6. The lowest BCUT2D eigenvalue weighted by molar-refractivity contribution is -0.870. The number of ether oxygens (including phenoxy) is 2. The molecule has 1 N–H and O–H groups in total. The summed E-state index contributed by atoms with van der Waals surface area (Å²) in [6, 6.07) is 0. The van der Waals surface area contributed by atoms with E-state index in [1.165, 1.54) is 128 Å². The molecule has 0 heterocycles. The number of allylic oxidation sites excluding steroid dienone is 2. The van der Waals surface area contributed by atoms with Gasteiger partial charge in [0.1, 0.15) is 19.3 Å². The zero-order chi connectivity index (χ0) is 36.3. The zero-order valence-electron chi connectivity index (χ0n) is 32.9. The number of phosphoric ester groups is 1. The number of hydrogen-bond donors (Lipinski definition) is 1. The molecule has 0 aromatic rings. The molecule has 0 aromatic heterocycles. The second-order valence-corrected chi connectivity index (χ2v) is 16.5. The maximum Gasteiger partial charge on any atom is 0.472 e. The molecule has 0 aliphatic rings. The first kappa shape index (κ1) is 48.2. The molecule has 49 heavy (non-hydrogen) atoms. The van der Waals surface area contributed by atoms with Crippen LogP contribution in [0.25, 0.3) is 0 Å². The van der Waals surface area contributed by atoms with Crippen molar-refractivity contribution in [2.75, 3.05) is 54.1 Å². The van der Waals surface area contributed by atoms with Crippen LogP contribution in [0.4, 0.5) is 0 Å². The Hall–Kier alpha value is -0.760. The van der Waals surface area contributed by atoms with Gasteiger partial charge in [-0.25, -0.2) is 4.57 Å². The SMILES string of the molecule is CCCCC/C=C\CCCCCCCCOCC(COP(=O)(O)OCC[N+](C)(C)C)OC(=O)CCCCCCCCCCCCCCCC. The number of quaternary nitrogens is 1. The van der Waals surface area contributed by atoms with Crippen LogP contribution in [0.2, 0.25) is 0 Å². The van der Waals surface area contributed by atoms with Crippen molar-refractivity contribution in [2.45, 2.75) is 187 Å². The fourth-order valence-corrected chi connectivity index (χ4v) is 6.35. The average molecular weight is 719 g/mol. The van der Waals surface area contributed by atoms with Gasteiger partial charge in [-0.3, -0.25) is 13.8 Å². The first-order valence-electron chi connectivity index (χ1n) is 20.4. The highest BCUT2D eigenvalue weighted by molar-refractivity contribution is 7.47. The summed E-state index contributed by atoms with van der Waals surface area (Å²) in [6.07, 6.45) is 35.1. The van der Waals surface area contributed by atoms with Crippen LogP contribution in [0, 0.1) is 0 Å². The second-order valence-electron chi connectivity index (χ2n) is 15.0. The van der Waals surface area contributed by atoms with Gasteiger partial charge in [-0.1, -0.05) is 148 Å². The van der Waals surface area contributed by atoms with Crippen molar-refractivity contribution < 1.29 is 37.3 Å². The number of carbonyl (C=O) groups is 1. The number of rotatable bonds is 38. The number of likely N-dealkylation sites (N-methyl/N-ethyl adjacent to an activating group) is 1. The van der Waals surface area contributed by atoms with Gasteiger partial charge in [-0.15, -0.1) is 0 Å². The van der Waals surface area contributed by atoms with Gasteiger partial charge < -0.3 is 18.9 Å². The van der Waals surface area contributed by atoms with E-state index < -0.39 is 13.9 Å². The Labute approximate surface area is 303 Å². The molecule has 0 saturated heterocycles. The molecule has 0 rings (SSSR count). The quantitative estimate of drug-likeness (QED) is 0.0223. The number of unbranched alkanes of at least 4 members (excludes halogenated alkanes) is 22.